The molecule has 0 aromatic rings. The van der Waals surface area contributed by atoms with Gasteiger partial charge in [0, 0.05) is 0 Å². The Labute approximate surface area is 75.5 Å². The van der Waals surface area contributed by atoms with Gasteiger partial charge in [-0.05, 0) is 44.1 Å². The molecule has 1 heteroatoms. The molecule has 65 valence electrons. The van der Waals surface area contributed by atoms with Crippen molar-refractivity contribution in [3.05, 3.63) is 19.1 Å². The molecule has 0 aliphatic carbocycles. The average Bonchev–Trinajstić information content (AvgIpc) is 2.03. The molecule has 0 aliphatic rings. The first-order valence-corrected chi connectivity index (χ1v) is 5.55. The Morgan fingerprint density at radius 3 is 2.73 bits per heavy atom. The van der Waals surface area contributed by atoms with Crippen molar-refractivity contribution in [2.24, 2.45) is 0 Å². The van der Waals surface area contributed by atoms with Crippen LogP contribution in [-0.4, -0.2) is 11.5 Å². The van der Waals surface area contributed by atoms with E-state index < -0.39 is 0 Å². The quantitative estimate of drug-likeness (QED) is 0.416. The molecule has 0 aromatic carbocycles. The molecule has 0 saturated heterocycles. The second-order valence-electron chi connectivity index (χ2n) is 2.53. The molecule has 0 fully saturated rings. The Morgan fingerprint density at radius 2 is 2.09 bits per heavy atom. The Kier molecular flexibility index (Phi) is 10.2. The van der Waals surface area contributed by atoms with Gasteiger partial charge in [-0.2, -0.15) is 11.8 Å². The van der Waals surface area contributed by atoms with Crippen LogP contribution in [0, 0.1) is 6.92 Å². The third kappa shape index (κ3) is 10.1. The fourth-order valence-corrected chi connectivity index (χ4v) is 1.65. The predicted octanol–water partition coefficient (Wildman–Crippen LogP) is 3.69. The lowest BCUT2D eigenvalue weighted by molar-refractivity contribution is 0.822. The van der Waals surface area contributed by atoms with Crippen LogP contribution in [0.1, 0.15) is 32.6 Å². The van der Waals surface area contributed by atoms with Gasteiger partial charge >= 0.3 is 0 Å². The molecule has 0 unspecified atom stereocenters. The maximum atomic E-state index is 3.80. The van der Waals surface area contributed by atoms with Crippen molar-refractivity contribution in [2.45, 2.75) is 32.6 Å². The molecule has 0 heterocycles. The highest BCUT2D eigenvalue weighted by atomic mass is 32.2. The lowest BCUT2D eigenvalue weighted by Gasteiger charge is -1.97. The van der Waals surface area contributed by atoms with Crippen molar-refractivity contribution in [2.75, 3.05) is 11.5 Å². The van der Waals surface area contributed by atoms with Crippen LogP contribution in [0.4, 0.5) is 0 Å². The van der Waals surface area contributed by atoms with Gasteiger partial charge in [-0.1, -0.05) is 19.1 Å². The van der Waals surface area contributed by atoms with Gasteiger partial charge in [0.2, 0.25) is 0 Å². The number of hydrogen-bond acceptors (Lipinski definition) is 1. The molecular weight excluding hydrogens is 152 g/mol. The zero-order valence-corrected chi connectivity index (χ0v) is 8.33. The second-order valence-corrected chi connectivity index (χ2v) is 3.76. The lowest BCUT2D eigenvalue weighted by Crippen LogP contribution is -1.81. The van der Waals surface area contributed by atoms with Gasteiger partial charge in [0.1, 0.15) is 0 Å². The second kappa shape index (κ2) is 10.1. The Hall–Kier alpha value is 0.0900. The fraction of sp³-hybridized carbons (Fsp3) is 0.700. The number of hydrogen-bond donors (Lipinski definition) is 0. The summed E-state index contributed by atoms with van der Waals surface area (Å²) in [7, 11) is 0. The molecule has 0 rings (SSSR count). The van der Waals surface area contributed by atoms with Crippen LogP contribution in [0.5, 0.6) is 0 Å². The van der Waals surface area contributed by atoms with Crippen molar-refractivity contribution < 1.29 is 0 Å². The van der Waals surface area contributed by atoms with Crippen LogP contribution in [0.2, 0.25) is 0 Å². The van der Waals surface area contributed by atoms with Crippen LogP contribution in [-0.2, 0) is 0 Å². The first kappa shape index (κ1) is 11.1. The summed E-state index contributed by atoms with van der Waals surface area (Å²) in [6, 6.07) is 0. The molecule has 0 saturated carbocycles. The van der Waals surface area contributed by atoms with E-state index in [1.165, 1.54) is 30.8 Å². The van der Waals surface area contributed by atoms with Gasteiger partial charge in [-0.3, -0.25) is 0 Å². The van der Waals surface area contributed by atoms with E-state index in [0.717, 1.165) is 6.42 Å². The molecule has 0 aliphatic heterocycles. The van der Waals surface area contributed by atoms with E-state index in [1.807, 2.05) is 11.8 Å². The van der Waals surface area contributed by atoms with Crippen molar-refractivity contribution in [1.82, 2.24) is 0 Å². The monoisotopic (exact) mass is 171 g/mol. The van der Waals surface area contributed by atoms with Crippen LogP contribution < -0.4 is 0 Å². The maximum Gasteiger partial charge on any atom is -0.00674 e. The van der Waals surface area contributed by atoms with E-state index in [9.17, 15) is 0 Å². The summed E-state index contributed by atoms with van der Waals surface area (Å²) in [6.45, 7) is 5.88. The zero-order valence-electron chi connectivity index (χ0n) is 7.51. The predicted molar refractivity (Wildman–Crippen MR) is 56.0 cm³/mol. The molecule has 0 bridgehead atoms. The Bertz CT molecular complexity index is 86.9. The first-order valence-electron chi connectivity index (χ1n) is 4.40. The van der Waals surface area contributed by atoms with E-state index in [1.54, 1.807) is 0 Å². The van der Waals surface area contributed by atoms with Crippen molar-refractivity contribution in [3.8, 4) is 0 Å². The normalized spacial score (nSPS) is 11.1. The molecule has 0 atom stereocenters. The molecule has 0 spiro atoms. The number of rotatable bonds is 7. The van der Waals surface area contributed by atoms with E-state index in [2.05, 4.69) is 26.0 Å². The van der Waals surface area contributed by atoms with E-state index in [0.29, 0.717) is 0 Å². The summed E-state index contributed by atoms with van der Waals surface area (Å²) >= 11 is 2.02. The van der Waals surface area contributed by atoms with Crippen LogP contribution in [0.25, 0.3) is 0 Å². The van der Waals surface area contributed by atoms with E-state index >= 15 is 0 Å². The summed E-state index contributed by atoms with van der Waals surface area (Å²) < 4.78 is 0. The zero-order chi connectivity index (χ0) is 8.36. The average molecular weight is 171 g/mol. The van der Waals surface area contributed by atoms with E-state index in [4.69, 9.17) is 0 Å². The van der Waals surface area contributed by atoms with E-state index in [-0.39, 0.29) is 0 Å². The van der Waals surface area contributed by atoms with Gasteiger partial charge in [-0.15, -0.1) is 0 Å². The van der Waals surface area contributed by atoms with Crippen molar-refractivity contribution in [3.63, 3.8) is 0 Å². The number of allylic oxidation sites excluding steroid dienone is 2. The van der Waals surface area contributed by atoms with Gasteiger partial charge in [-0.25, -0.2) is 0 Å². The minimum absolute atomic E-state index is 1.07. The minimum Gasteiger partial charge on any atom is -0.162 e. The highest BCUT2D eigenvalue weighted by Crippen LogP contribution is 2.07. The largest absolute Gasteiger partial charge is 0.162 e. The molecular formula is C10H19S. The smallest absolute Gasteiger partial charge is 0.00674 e. The third-order valence-electron chi connectivity index (χ3n) is 1.43. The summed E-state index contributed by atoms with van der Waals surface area (Å²) in [5.74, 6) is 2.54. The molecule has 0 N–H and O–H groups in total. The van der Waals surface area contributed by atoms with Crippen molar-refractivity contribution >= 4 is 11.8 Å². The standard InChI is InChI=1S/C10H19S/c1-3-5-6-7-8-10-11-9-4-2/h3,5H,2,4,6-10H2,1H3. The summed E-state index contributed by atoms with van der Waals surface area (Å²) in [5.41, 5.74) is 0. The highest BCUT2D eigenvalue weighted by Gasteiger charge is 1.86. The van der Waals surface area contributed by atoms with Crippen LogP contribution in [0.3, 0.4) is 0 Å². The van der Waals surface area contributed by atoms with Gasteiger partial charge in [0.25, 0.3) is 0 Å². The van der Waals surface area contributed by atoms with Gasteiger partial charge in [0.05, 0.1) is 0 Å². The lowest BCUT2D eigenvalue weighted by atomic mass is 10.2. The summed E-state index contributed by atoms with van der Waals surface area (Å²) in [5, 5.41) is 0. The fourth-order valence-electron chi connectivity index (χ4n) is 0.837. The molecule has 0 aromatic heterocycles. The molecule has 0 nitrogen and oxygen atoms in total. The summed E-state index contributed by atoms with van der Waals surface area (Å²) in [4.78, 5) is 0. The molecule has 0 amide bonds. The van der Waals surface area contributed by atoms with Crippen LogP contribution >= 0.6 is 11.8 Å². The molecule has 11 heavy (non-hydrogen) atoms. The highest BCUT2D eigenvalue weighted by molar-refractivity contribution is 7.99. The maximum absolute atomic E-state index is 3.80. The Balaban J connectivity index is 2.79. The Morgan fingerprint density at radius 1 is 1.27 bits per heavy atom. The van der Waals surface area contributed by atoms with Crippen molar-refractivity contribution in [1.29, 1.82) is 0 Å². The number of thioether (sulfide) groups is 1. The first-order chi connectivity index (χ1) is 5.41. The van der Waals surface area contributed by atoms with Gasteiger partial charge in [0.15, 0.2) is 0 Å². The minimum atomic E-state index is 1.07. The molecule has 1 radical (unpaired) electrons. The number of unbranched alkanes of at least 4 members (excludes halogenated alkanes) is 2. The summed E-state index contributed by atoms with van der Waals surface area (Å²) in [6.07, 6.45) is 9.39. The van der Waals surface area contributed by atoms with Crippen LogP contribution in [0.15, 0.2) is 12.2 Å². The SMILES string of the molecule is [CH2]CCSCCCCC=CC. The third-order valence-corrected chi connectivity index (χ3v) is 2.59. The van der Waals surface area contributed by atoms with Gasteiger partial charge < -0.3 is 0 Å². The topological polar surface area (TPSA) is 0 Å².